The zero-order valence-corrected chi connectivity index (χ0v) is 11.8. The van der Waals surface area contributed by atoms with Crippen LogP contribution in [0.5, 0.6) is 5.75 Å². The summed E-state index contributed by atoms with van der Waals surface area (Å²) in [5, 5.41) is 3.38. The summed E-state index contributed by atoms with van der Waals surface area (Å²) < 4.78 is 5.29. The minimum atomic E-state index is 0.303. The van der Waals surface area contributed by atoms with Gasteiger partial charge in [0.2, 0.25) is 0 Å². The Morgan fingerprint density at radius 3 is 2.58 bits per heavy atom. The van der Waals surface area contributed by atoms with Crippen molar-refractivity contribution in [3.05, 3.63) is 65.2 Å². The van der Waals surface area contributed by atoms with Crippen LogP contribution in [0.15, 0.2) is 48.5 Å². The third-order valence-corrected chi connectivity index (χ3v) is 3.37. The average Bonchev–Trinajstić information content (AvgIpc) is 2.45. The Hall–Kier alpha value is -1.80. The molecule has 1 unspecified atom stereocenters. The van der Waals surface area contributed by atoms with Crippen LogP contribution in [0, 0.1) is 6.92 Å². The lowest BCUT2D eigenvalue weighted by atomic mass is 9.98. The maximum Gasteiger partial charge on any atom is 0.119 e. The molecule has 1 atom stereocenters. The summed E-state index contributed by atoms with van der Waals surface area (Å²) in [5.74, 6) is 0.905. The van der Waals surface area contributed by atoms with E-state index in [1.54, 1.807) is 7.11 Å². The number of rotatable bonds is 5. The third kappa shape index (κ3) is 3.58. The largest absolute Gasteiger partial charge is 0.497 e. The molecule has 0 bridgehead atoms. The second-order valence-corrected chi connectivity index (χ2v) is 4.81. The van der Waals surface area contributed by atoms with E-state index in [0.717, 1.165) is 12.2 Å². The van der Waals surface area contributed by atoms with Crippen LogP contribution >= 0.6 is 0 Å². The Morgan fingerprint density at radius 1 is 1.11 bits per heavy atom. The molecule has 0 aliphatic carbocycles. The van der Waals surface area contributed by atoms with Gasteiger partial charge in [-0.05, 0) is 43.7 Å². The molecule has 2 rings (SSSR count). The van der Waals surface area contributed by atoms with Crippen molar-refractivity contribution in [3.63, 3.8) is 0 Å². The molecular weight excluding hydrogens is 234 g/mol. The SMILES string of the molecule is CNC(Cc1cccc(C)c1)c1cccc(OC)c1. The van der Waals surface area contributed by atoms with E-state index < -0.39 is 0 Å². The molecule has 19 heavy (non-hydrogen) atoms. The normalized spacial score (nSPS) is 12.2. The maximum atomic E-state index is 5.29. The fourth-order valence-corrected chi connectivity index (χ4v) is 2.32. The van der Waals surface area contributed by atoms with Crippen molar-refractivity contribution in [2.45, 2.75) is 19.4 Å². The molecule has 2 aromatic carbocycles. The molecule has 2 aromatic rings. The second kappa shape index (κ2) is 6.39. The Balaban J connectivity index is 2.19. The van der Waals surface area contributed by atoms with Gasteiger partial charge in [0.25, 0.3) is 0 Å². The smallest absolute Gasteiger partial charge is 0.119 e. The molecule has 0 radical (unpaired) electrons. The third-order valence-electron chi connectivity index (χ3n) is 3.37. The first-order chi connectivity index (χ1) is 9.22. The number of ether oxygens (including phenoxy) is 1. The van der Waals surface area contributed by atoms with E-state index in [9.17, 15) is 0 Å². The first-order valence-electron chi connectivity index (χ1n) is 6.59. The topological polar surface area (TPSA) is 21.3 Å². The van der Waals surface area contributed by atoms with Crippen LogP contribution in [0.25, 0.3) is 0 Å². The molecule has 0 fully saturated rings. The number of nitrogens with one attached hydrogen (secondary N) is 1. The summed E-state index contributed by atoms with van der Waals surface area (Å²) in [6.07, 6.45) is 0.978. The second-order valence-electron chi connectivity index (χ2n) is 4.81. The van der Waals surface area contributed by atoms with Gasteiger partial charge in [0, 0.05) is 6.04 Å². The Bertz CT molecular complexity index is 536. The number of hydrogen-bond acceptors (Lipinski definition) is 2. The molecule has 0 saturated heterocycles. The molecule has 2 nitrogen and oxygen atoms in total. The van der Waals surface area contributed by atoms with Gasteiger partial charge in [-0.25, -0.2) is 0 Å². The first kappa shape index (κ1) is 13.6. The predicted octanol–water partition coefficient (Wildman–Crippen LogP) is 3.51. The van der Waals surface area contributed by atoms with Crippen LogP contribution in [0.3, 0.4) is 0 Å². The molecular formula is C17H21NO. The van der Waals surface area contributed by atoms with Crippen molar-refractivity contribution in [1.29, 1.82) is 0 Å². The summed E-state index contributed by atoms with van der Waals surface area (Å²) in [5.41, 5.74) is 3.91. The molecule has 0 heterocycles. The lowest BCUT2D eigenvalue weighted by Gasteiger charge is -2.17. The van der Waals surface area contributed by atoms with Crippen molar-refractivity contribution in [2.75, 3.05) is 14.2 Å². The lowest BCUT2D eigenvalue weighted by molar-refractivity contribution is 0.413. The van der Waals surface area contributed by atoms with Gasteiger partial charge in [-0.15, -0.1) is 0 Å². The Morgan fingerprint density at radius 2 is 1.89 bits per heavy atom. The van der Waals surface area contributed by atoms with Gasteiger partial charge in [0.15, 0.2) is 0 Å². The molecule has 100 valence electrons. The van der Waals surface area contributed by atoms with Crippen molar-refractivity contribution in [1.82, 2.24) is 5.32 Å². The van der Waals surface area contributed by atoms with E-state index >= 15 is 0 Å². The summed E-state index contributed by atoms with van der Waals surface area (Å²) in [6.45, 7) is 2.13. The van der Waals surface area contributed by atoms with Gasteiger partial charge in [-0.1, -0.05) is 42.0 Å². The zero-order chi connectivity index (χ0) is 13.7. The van der Waals surface area contributed by atoms with Crippen molar-refractivity contribution in [2.24, 2.45) is 0 Å². The molecule has 0 spiro atoms. The van der Waals surface area contributed by atoms with Gasteiger partial charge in [0.05, 0.1) is 7.11 Å². The summed E-state index contributed by atoms with van der Waals surface area (Å²) in [7, 11) is 3.70. The molecule has 1 N–H and O–H groups in total. The summed E-state index contributed by atoms with van der Waals surface area (Å²) in [4.78, 5) is 0. The molecule has 0 saturated carbocycles. The number of methoxy groups -OCH3 is 1. The van der Waals surface area contributed by atoms with Gasteiger partial charge in [-0.2, -0.15) is 0 Å². The van der Waals surface area contributed by atoms with E-state index in [1.165, 1.54) is 16.7 Å². The van der Waals surface area contributed by atoms with Crippen molar-refractivity contribution in [3.8, 4) is 5.75 Å². The Kier molecular flexibility index (Phi) is 4.58. The van der Waals surface area contributed by atoms with Crippen molar-refractivity contribution < 1.29 is 4.74 Å². The van der Waals surface area contributed by atoms with E-state index in [-0.39, 0.29) is 0 Å². The number of likely N-dealkylation sites (N-methyl/N-ethyl adjacent to an activating group) is 1. The van der Waals surface area contributed by atoms with Crippen LogP contribution in [0.4, 0.5) is 0 Å². The highest BCUT2D eigenvalue weighted by Gasteiger charge is 2.10. The van der Waals surface area contributed by atoms with E-state index in [4.69, 9.17) is 4.74 Å². The highest BCUT2D eigenvalue weighted by molar-refractivity contribution is 5.32. The highest BCUT2D eigenvalue weighted by Crippen LogP contribution is 2.22. The first-order valence-corrected chi connectivity index (χ1v) is 6.59. The van der Waals surface area contributed by atoms with Gasteiger partial charge in [-0.3, -0.25) is 0 Å². The van der Waals surface area contributed by atoms with Crippen LogP contribution in [-0.4, -0.2) is 14.2 Å². The molecule has 2 heteroatoms. The maximum absolute atomic E-state index is 5.29. The molecule has 0 aliphatic rings. The fraction of sp³-hybridized carbons (Fsp3) is 0.294. The van der Waals surface area contributed by atoms with E-state index in [2.05, 4.69) is 48.6 Å². The van der Waals surface area contributed by atoms with Crippen LogP contribution in [0.1, 0.15) is 22.7 Å². The minimum absolute atomic E-state index is 0.303. The quantitative estimate of drug-likeness (QED) is 0.883. The van der Waals surface area contributed by atoms with Crippen LogP contribution < -0.4 is 10.1 Å². The van der Waals surface area contributed by atoms with Gasteiger partial charge < -0.3 is 10.1 Å². The fourth-order valence-electron chi connectivity index (χ4n) is 2.32. The van der Waals surface area contributed by atoms with Gasteiger partial charge in [0.1, 0.15) is 5.75 Å². The average molecular weight is 255 g/mol. The molecule has 0 aliphatic heterocycles. The van der Waals surface area contributed by atoms with Gasteiger partial charge >= 0.3 is 0 Å². The number of aryl methyl sites for hydroxylation is 1. The molecule has 0 aromatic heterocycles. The number of benzene rings is 2. The number of hydrogen-bond donors (Lipinski definition) is 1. The summed E-state index contributed by atoms with van der Waals surface area (Å²) in [6, 6.07) is 17.2. The lowest BCUT2D eigenvalue weighted by Crippen LogP contribution is -2.18. The minimum Gasteiger partial charge on any atom is -0.497 e. The molecule has 0 amide bonds. The van der Waals surface area contributed by atoms with Crippen LogP contribution in [0.2, 0.25) is 0 Å². The standard InChI is InChI=1S/C17H21NO/c1-13-6-4-7-14(10-13)11-17(18-2)15-8-5-9-16(12-15)19-3/h4-10,12,17-18H,11H2,1-3H3. The monoisotopic (exact) mass is 255 g/mol. The Labute approximate surface area is 115 Å². The predicted molar refractivity (Wildman–Crippen MR) is 79.7 cm³/mol. The van der Waals surface area contributed by atoms with E-state index in [1.807, 2.05) is 19.2 Å². The van der Waals surface area contributed by atoms with Crippen LogP contribution in [-0.2, 0) is 6.42 Å². The zero-order valence-electron chi connectivity index (χ0n) is 11.8. The summed E-state index contributed by atoms with van der Waals surface area (Å²) >= 11 is 0. The van der Waals surface area contributed by atoms with E-state index in [0.29, 0.717) is 6.04 Å². The van der Waals surface area contributed by atoms with Crippen molar-refractivity contribution >= 4 is 0 Å². The highest BCUT2D eigenvalue weighted by atomic mass is 16.5.